The fourth-order valence-electron chi connectivity index (χ4n) is 1.44. The van der Waals surface area contributed by atoms with Crippen LogP contribution in [0.15, 0.2) is 30.5 Å². The van der Waals surface area contributed by atoms with Crippen molar-refractivity contribution in [2.75, 3.05) is 0 Å². The monoisotopic (exact) mass is 271 g/mol. The second-order valence-electron chi connectivity index (χ2n) is 3.46. The molecule has 0 spiro atoms. The molecule has 0 saturated heterocycles. The number of halogens is 3. The molecule has 0 amide bonds. The van der Waals surface area contributed by atoms with Crippen LogP contribution in [-0.4, -0.2) is 10.1 Å². The third-order valence-electron chi connectivity index (χ3n) is 2.33. The third-order valence-corrected chi connectivity index (χ3v) is 3.07. The Bertz CT molecular complexity index is 560. The number of hydrogen-bond acceptors (Lipinski definition) is 2. The average molecular weight is 272 g/mol. The molecule has 0 aliphatic carbocycles. The van der Waals surface area contributed by atoms with Crippen molar-refractivity contribution in [2.45, 2.75) is 6.61 Å². The van der Waals surface area contributed by atoms with Gasteiger partial charge in [0.1, 0.15) is 0 Å². The van der Waals surface area contributed by atoms with Crippen LogP contribution < -0.4 is 0 Å². The molecule has 1 aromatic heterocycles. The van der Waals surface area contributed by atoms with E-state index in [0.29, 0.717) is 15.6 Å². The molecule has 0 atom stereocenters. The van der Waals surface area contributed by atoms with Gasteiger partial charge in [0.25, 0.3) is 0 Å². The Hall–Kier alpha value is -1.16. The second kappa shape index (κ2) is 5.00. The van der Waals surface area contributed by atoms with E-state index in [1.54, 1.807) is 18.2 Å². The van der Waals surface area contributed by atoms with Gasteiger partial charge >= 0.3 is 0 Å². The smallest absolute Gasteiger partial charge is 0.218 e. The highest BCUT2D eigenvalue weighted by Gasteiger charge is 2.07. The summed E-state index contributed by atoms with van der Waals surface area (Å²) in [5.41, 5.74) is 1.59. The van der Waals surface area contributed by atoms with E-state index in [0.717, 1.165) is 5.56 Å². The van der Waals surface area contributed by atoms with Gasteiger partial charge in [-0.3, -0.25) is 0 Å². The summed E-state index contributed by atoms with van der Waals surface area (Å²) in [5.74, 6) is -0.670. The van der Waals surface area contributed by atoms with Crippen LogP contribution >= 0.6 is 23.2 Å². The van der Waals surface area contributed by atoms with Gasteiger partial charge in [-0.05, 0) is 23.8 Å². The van der Waals surface area contributed by atoms with Crippen molar-refractivity contribution in [2.24, 2.45) is 0 Å². The number of nitrogens with zero attached hydrogens (tertiary/aromatic N) is 1. The number of benzene rings is 1. The van der Waals surface area contributed by atoms with E-state index in [1.165, 1.54) is 12.3 Å². The first-order chi connectivity index (χ1) is 8.11. The zero-order chi connectivity index (χ0) is 12.4. The maximum atomic E-state index is 13.1. The Balaban J connectivity index is 2.49. The quantitative estimate of drug-likeness (QED) is 0.846. The summed E-state index contributed by atoms with van der Waals surface area (Å²) in [4.78, 5) is 3.58. The molecule has 0 unspecified atom stereocenters. The van der Waals surface area contributed by atoms with Crippen LogP contribution in [0.3, 0.4) is 0 Å². The fraction of sp³-hybridized carbons (Fsp3) is 0.0833. The van der Waals surface area contributed by atoms with E-state index in [4.69, 9.17) is 28.3 Å². The van der Waals surface area contributed by atoms with Crippen molar-refractivity contribution >= 4 is 23.2 Å². The average Bonchev–Trinajstić information content (AvgIpc) is 2.33. The Morgan fingerprint density at radius 2 is 1.88 bits per heavy atom. The fourth-order valence-corrected chi connectivity index (χ4v) is 1.74. The molecule has 2 nitrogen and oxygen atoms in total. The predicted molar refractivity (Wildman–Crippen MR) is 65.6 cm³/mol. The van der Waals surface area contributed by atoms with E-state index in [-0.39, 0.29) is 5.56 Å². The van der Waals surface area contributed by atoms with Gasteiger partial charge in [0.15, 0.2) is 0 Å². The summed E-state index contributed by atoms with van der Waals surface area (Å²) in [6, 6.07) is 6.60. The van der Waals surface area contributed by atoms with Gasteiger partial charge in [-0.2, -0.15) is 4.39 Å². The summed E-state index contributed by atoms with van der Waals surface area (Å²) < 4.78 is 13.1. The van der Waals surface area contributed by atoms with Crippen molar-refractivity contribution in [3.63, 3.8) is 0 Å². The van der Waals surface area contributed by atoms with Crippen LogP contribution in [0.4, 0.5) is 4.39 Å². The lowest BCUT2D eigenvalue weighted by Gasteiger charge is -2.05. The molecule has 0 saturated carbocycles. The lowest BCUT2D eigenvalue weighted by atomic mass is 10.1. The van der Waals surface area contributed by atoms with Crippen molar-refractivity contribution in [1.29, 1.82) is 0 Å². The molecule has 17 heavy (non-hydrogen) atoms. The number of pyridine rings is 1. The molecule has 1 aromatic carbocycles. The Kier molecular flexibility index (Phi) is 3.62. The molecule has 0 aliphatic rings. The molecule has 2 aromatic rings. The zero-order valence-electron chi connectivity index (χ0n) is 8.62. The summed E-state index contributed by atoms with van der Waals surface area (Å²) in [7, 11) is 0. The number of rotatable bonds is 2. The molecular formula is C12H8Cl2FNO. The molecule has 88 valence electrons. The van der Waals surface area contributed by atoms with Crippen molar-refractivity contribution in [1.82, 2.24) is 4.98 Å². The first-order valence-corrected chi connectivity index (χ1v) is 5.58. The Morgan fingerprint density at radius 1 is 1.12 bits per heavy atom. The van der Waals surface area contributed by atoms with Gasteiger partial charge in [0.2, 0.25) is 5.95 Å². The highest BCUT2D eigenvalue weighted by Crippen LogP contribution is 2.28. The molecule has 0 radical (unpaired) electrons. The van der Waals surface area contributed by atoms with Crippen LogP contribution in [-0.2, 0) is 6.61 Å². The van der Waals surface area contributed by atoms with Gasteiger partial charge in [0, 0.05) is 17.3 Å². The highest BCUT2D eigenvalue weighted by molar-refractivity contribution is 6.42. The SMILES string of the molecule is OCc1cc(-c2ccc(Cl)c(Cl)c2)cnc1F. The summed E-state index contributed by atoms with van der Waals surface area (Å²) in [5, 5.41) is 9.83. The zero-order valence-corrected chi connectivity index (χ0v) is 10.1. The number of hydrogen-bond donors (Lipinski definition) is 1. The third kappa shape index (κ3) is 2.57. The molecule has 0 fully saturated rings. The van der Waals surface area contributed by atoms with Gasteiger partial charge in [0.05, 0.1) is 16.7 Å². The molecular weight excluding hydrogens is 264 g/mol. The number of aromatic nitrogens is 1. The molecule has 2 rings (SSSR count). The molecule has 1 heterocycles. The lowest BCUT2D eigenvalue weighted by Crippen LogP contribution is -1.94. The van der Waals surface area contributed by atoms with E-state index in [2.05, 4.69) is 4.98 Å². The molecule has 1 N–H and O–H groups in total. The second-order valence-corrected chi connectivity index (χ2v) is 4.28. The first-order valence-electron chi connectivity index (χ1n) is 4.82. The normalized spacial score (nSPS) is 10.6. The topological polar surface area (TPSA) is 33.1 Å². The number of aliphatic hydroxyl groups is 1. The highest BCUT2D eigenvalue weighted by atomic mass is 35.5. The van der Waals surface area contributed by atoms with Crippen molar-refractivity contribution in [3.05, 3.63) is 52.0 Å². The Morgan fingerprint density at radius 3 is 2.53 bits per heavy atom. The molecule has 0 bridgehead atoms. The van der Waals surface area contributed by atoms with Crippen LogP contribution in [0, 0.1) is 5.95 Å². The van der Waals surface area contributed by atoms with E-state index < -0.39 is 12.6 Å². The van der Waals surface area contributed by atoms with E-state index >= 15 is 0 Å². The van der Waals surface area contributed by atoms with Crippen molar-refractivity contribution in [3.8, 4) is 11.1 Å². The minimum absolute atomic E-state index is 0.147. The van der Waals surface area contributed by atoms with Gasteiger partial charge in [-0.1, -0.05) is 29.3 Å². The Labute approximate surface area is 108 Å². The van der Waals surface area contributed by atoms with E-state index in [1.807, 2.05) is 0 Å². The standard InChI is InChI=1S/C12H8Cl2FNO/c13-10-2-1-7(4-11(10)14)8-3-9(6-17)12(15)16-5-8/h1-5,17H,6H2. The predicted octanol–water partition coefficient (Wildman–Crippen LogP) is 3.69. The summed E-state index contributed by atoms with van der Waals surface area (Å²) in [6.07, 6.45) is 1.38. The summed E-state index contributed by atoms with van der Waals surface area (Å²) in [6.45, 7) is -0.395. The first kappa shape index (κ1) is 12.3. The molecule has 5 heteroatoms. The van der Waals surface area contributed by atoms with E-state index in [9.17, 15) is 4.39 Å². The van der Waals surface area contributed by atoms with Crippen LogP contribution in [0.1, 0.15) is 5.56 Å². The maximum Gasteiger partial charge on any atom is 0.218 e. The largest absolute Gasteiger partial charge is 0.392 e. The summed E-state index contributed by atoms with van der Waals surface area (Å²) >= 11 is 11.7. The van der Waals surface area contributed by atoms with Gasteiger partial charge in [-0.15, -0.1) is 0 Å². The van der Waals surface area contributed by atoms with Gasteiger partial charge < -0.3 is 5.11 Å². The lowest BCUT2D eigenvalue weighted by molar-refractivity contribution is 0.274. The van der Waals surface area contributed by atoms with Gasteiger partial charge in [-0.25, -0.2) is 4.98 Å². The minimum Gasteiger partial charge on any atom is -0.392 e. The van der Waals surface area contributed by atoms with Crippen molar-refractivity contribution < 1.29 is 9.50 Å². The van der Waals surface area contributed by atoms with Crippen LogP contribution in [0.5, 0.6) is 0 Å². The molecule has 0 aliphatic heterocycles. The van der Waals surface area contributed by atoms with Crippen LogP contribution in [0.2, 0.25) is 10.0 Å². The maximum absolute atomic E-state index is 13.1. The van der Waals surface area contributed by atoms with Crippen LogP contribution in [0.25, 0.3) is 11.1 Å². The number of aliphatic hydroxyl groups excluding tert-OH is 1. The minimum atomic E-state index is -0.670.